The minimum absolute atomic E-state index is 0.595. The summed E-state index contributed by atoms with van der Waals surface area (Å²) in [6.07, 6.45) is 3.11. The molecule has 17 heavy (non-hydrogen) atoms. The first-order chi connectivity index (χ1) is 8.36. The van der Waals surface area contributed by atoms with Crippen LogP contribution < -0.4 is 5.32 Å². The topological polar surface area (TPSA) is 29.9 Å². The maximum absolute atomic E-state index is 4.48. The summed E-state index contributed by atoms with van der Waals surface area (Å²) in [5.41, 5.74) is 3.78. The molecule has 0 radical (unpaired) electrons. The fourth-order valence-electron chi connectivity index (χ4n) is 2.53. The summed E-state index contributed by atoms with van der Waals surface area (Å²) in [4.78, 5) is 0. The van der Waals surface area contributed by atoms with Crippen molar-refractivity contribution in [3.05, 3.63) is 47.8 Å². The first-order valence-electron chi connectivity index (χ1n) is 6.17. The molecule has 88 valence electrons. The highest BCUT2D eigenvalue weighted by atomic mass is 15.3. The molecule has 1 aliphatic rings. The van der Waals surface area contributed by atoms with Crippen LogP contribution in [0.2, 0.25) is 0 Å². The van der Waals surface area contributed by atoms with E-state index in [1.165, 1.54) is 23.4 Å². The van der Waals surface area contributed by atoms with E-state index in [1.807, 2.05) is 6.20 Å². The molecule has 1 aliphatic heterocycles. The molecule has 1 atom stereocenters. The molecule has 3 nitrogen and oxygen atoms in total. The molecular formula is C14H17N3. The summed E-state index contributed by atoms with van der Waals surface area (Å²) in [5, 5.41) is 7.89. The predicted molar refractivity (Wildman–Crippen MR) is 68.5 cm³/mol. The van der Waals surface area contributed by atoms with Crippen molar-refractivity contribution < 1.29 is 0 Å². The van der Waals surface area contributed by atoms with Gasteiger partial charge < -0.3 is 5.32 Å². The van der Waals surface area contributed by atoms with Crippen LogP contribution in [0.4, 0.5) is 0 Å². The van der Waals surface area contributed by atoms with Crippen LogP contribution in [0, 0.1) is 6.92 Å². The van der Waals surface area contributed by atoms with Gasteiger partial charge in [0.1, 0.15) is 0 Å². The molecule has 1 fully saturated rings. The number of aromatic nitrogens is 2. The average molecular weight is 227 g/mol. The zero-order chi connectivity index (χ0) is 11.7. The van der Waals surface area contributed by atoms with Gasteiger partial charge >= 0.3 is 0 Å². The van der Waals surface area contributed by atoms with Crippen LogP contribution in [-0.2, 0) is 0 Å². The van der Waals surface area contributed by atoms with Gasteiger partial charge in [-0.2, -0.15) is 5.10 Å². The van der Waals surface area contributed by atoms with Crippen molar-refractivity contribution >= 4 is 0 Å². The van der Waals surface area contributed by atoms with E-state index in [1.54, 1.807) is 0 Å². The standard InChI is InChI=1S/C14H17N3/c1-11-4-2-3-5-13(11)17-14(7-9-16-17)12-6-8-15-10-12/h2-5,7,9,12,15H,6,8,10H2,1H3. The van der Waals surface area contributed by atoms with Crippen LogP contribution in [0.15, 0.2) is 36.5 Å². The number of benzene rings is 1. The number of nitrogens with one attached hydrogen (secondary N) is 1. The SMILES string of the molecule is Cc1ccccc1-n1nccc1C1CCNC1. The lowest BCUT2D eigenvalue weighted by Crippen LogP contribution is -2.12. The second kappa shape index (κ2) is 4.34. The molecule has 3 heteroatoms. The van der Waals surface area contributed by atoms with E-state index in [2.05, 4.69) is 52.4 Å². The van der Waals surface area contributed by atoms with Crippen LogP contribution >= 0.6 is 0 Å². The molecule has 1 aromatic heterocycles. The first kappa shape index (κ1) is 10.5. The van der Waals surface area contributed by atoms with Crippen molar-refractivity contribution in [1.82, 2.24) is 15.1 Å². The zero-order valence-corrected chi connectivity index (χ0v) is 10.1. The molecular weight excluding hydrogens is 210 g/mol. The normalized spacial score (nSPS) is 19.7. The largest absolute Gasteiger partial charge is 0.316 e. The van der Waals surface area contributed by atoms with Crippen molar-refractivity contribution in [1.29, 1.82) is 0 Å². The predicted octanol–water partition coefficient (Wildman–Crippen LogP) is 2.26. The molecule has 0 bridgehead atoms. The summed E-state index contributed by atoms with van der Waals surface area (Å²) in [6, 6.07) is 10.5. The van der Waals surface area contributed by atoms with Gasteiger partial charge in [0.05, 0.1) is 5.69 Å². The Hall–Kier alpha value is -1.61. The maximum atomic E-state index is 4.48. The van der Waals surface area contributed by atoms with Gasteiger partial charge in [-0.15, -0.1) is 0 Å². The minimum Gasteiger partial charge on any atom is -0.316 e. The van der Waals surface area contributed by atoms with Gasteiger partial charge in [0.2, 0.25) is 0 Å². The van der Waals surface area contributed by atoms with E-state index >= 15 is 0 Å². The number of hydrogen-bond acceptors (Lipinski definition) is 2. The molecule has 0 aliphatic carbocycles. The third kappa shape index (κ3) is 1.87. The van der Waals surface area contributed by atoms with Gasteiger partial charge in [0.15, 0.2) is 0 Å². The van der Waals surface area contributed by atoms with Crippen molar-refractivity contribution in [2.75, 3.05) is 13.1 Å². The van der Waals surface area contributed by atoms with E-state index in [-0.39, 0.29) is 0 Å². The molecule has 0 saturated carbocycles. The van der Waals surface area contributed by atoms with Gasteiger partial charge in [0, 0.05) is 24.4 Å². The summed E-state index contributed by atoms with van der Waals surface area (Å²) < 4.78 is 2.09. The number of hydrogen-bond donors (Lipinski definition) is 1. The Bertz CT molecular complexity index is 510. The molecule has 0 amide bonds. The number of para-hydroxylation sites is 1. The first-order valence-corrected chi connectivity index (χ1v) is 6.17. The van der Waals surface area contributed by atoms with Crippen molar-refractivity contribution in [3.63, 3.8) is 0 Å². The lowest BCUT2D eigenvalue weighted by Gasteiger charge is -2.13. The fourth-order valence-corrected chi connectivity index (χ4v) is 2.53. The third-order valence-corrected chi connectivity index (χ3v) is 3.49. The monoisotopic (exact) mass is 227 g/mol. The highest BCUT2D eigenvalue weighted by molar-refractivity contribution is 5.41. The molecule has 2 aromatic rings. The Balaban J connectivity index is 2.04. The van der Waals surface area contributed by atoms with Crippen LogP contribution in [0.25, 0.3) is 5.69 Å². The Kier molecular flexibility index (Phi) is 2.69. The molecule has 0 spiro atoms. The van der Waals surface area contributed by atoms with Crippen molar-refractivity contribution in [3.8, 4) is 5.69 Å². The van der Waals surface area contributed by atoms with E-state index < -0.39 is 0 Å². The molecule has 1 N–H and O–H groups in total. The number of rotatable bonds is 2. The number of aryl methyl sites for hydroxylation is 1. The molecule has 1 saturated heterocycles. The highest BCUT2D eigenvalue weighted by Gasteiger charge is 2.21. The van der Waals surface area contributed by atoms with E-state index in [0.717, 1.165) is 13.1 Å². The van der Waals surface area contributed by atoms with Gasteiger partial charge in [-0.3, -0.25) is 0 Å². The van der Waals surface area contributed by atoms with Crippen molar-refractivity contribution in [2.24, 2.45) is 0 Å². The van der Waals surface area contributed by atoms with Crippen molar-refractivity contribution in [2.45, 2.75) is 19.3 Å². The Morgan fingerprint density at radius 2 is 2.18 bits per heavy atom. The van der Waals surface area contributed by atoms with Crippen LogP contribution in [-0.4, -0.2) is 22.9 Å². The van der Waals surface area contributed by atoms with Gasteiger partial charge in [-0.05, 0) is 37.6 Å². The molecule has 2 heterocycles. The Morgan fingerprint density at radius 3 is 2.94 bits per heavy atom. The minimum atomic E-state index is 0.595. The van der Waals surface area contributed by atoms with E-state index in [9.17, 15) is 0 Å². The van der Waals surface area contributed by atoms with Crippen LogP contribution in [0.1, 0.15) is 23.6 Å². The van der Waals surface area contributed by atoms with Gasteiger partial charge in [-0.25, -0.2) is 4.68 Å². The third-order valence-electron chi connectivity index (χ3n) is 3.49. The fraction of sp³-hybridized carbons (Fsp3) is 0.357. The van der Waals surface area contributed by atoms with Crippen LogP contribution in [0.3, 0.4) is 0 Å². The quantitative estimate of drug-likeness (QED) is 0.853. The summed E-state index contributed by atoms with van der Waals surface area (Å²) in [7, 11) is 0. The summed E-state index contributed by atoms with van der Waals surface area (Å²) in [6.45, 7) is 4.31. The lowest BCUT2D eigenvalue weighted by atomic mass is 10.0. The van der Waals surface area contributed by atoms with Gasteiger partial charge in [0.25, 0.3) is 0 Å². The average Bonchev–Trinajstić information content (AvgIpc) is 3.00. The Morgan fingerprint density at radius 1 is 1.29 bits per heavy atom. The molecule has 1 aromatic carbocycles. The van der Waals surface area contributed by atoms with Crippen LogP contribution in [0.5, 0.6) is 0 Å². The zero-order valence-electron chi connectivity index (χ0n) is 10.1. The highest BCUT2D eigenvalue weighted by Crippen LogP contribution is 2.25. The van der Waals surface area contributed by atoms with E-state index in [4.69, 9.17) is 0 Å². The lowest BCUT2D eigenvalue weighted by molar-refractivity contribution is 0.681. The number of nitrogens with zero attached hydrogens (tertiary/aromatic N) is 2. The maximum Gasteiger partial charge on any atom is 0.0678 e. The second-order valence-corrected chi connectivity index (χ2v) is 4.64. The van der Waals surface area contributed by atoms with E-state index in [0.29, 0.717) is 5.92 Å². The smallest absolute Gasteiger partial charge is 0.0678 e. The summed E-state index contributed by atoms with van der Waals surface area (Å²) >= 11 is 0. The molecule has 1 unspecified atom stereocenters. The summed E-state index contributed by atoms with van der Waals surface area (Å²) in [5.74, 6) is 0.595. The Labute approximate surface area is 101 Å². The second-order valence-electron chi connectivity index (χ2n) is 4.64. The van der Waals surface area contributed by atoms with Gasteiger partial charge in [-0.1, -0.05) is 18.2 Å². The molecule has 3 rings (SSSR count).